The lowest BCUT2D eigenvalue weighted by molar-refractivity contribution is -0.140. The van der Waals surface area contributed by atoms with Crippen LogP contribution in [0.25, 0.3) is 10.9 Å². The maximum absolute atomic E-state index is 11.5. The van der Waals surface area contributed by atoms with Crippen molar-refractivity contribution in [2.24, 2.45) is 4.99 Å². The van der Waals surface area contributed by atoms with Crippen LogP contribution in [-0.2, 0) is 9.53 Å². The van der Waals surface area contributed by atoms with E-state index in [4.69, 9.17) is 9.73 Å². The van der Waals surface area contributed by atoms with E-state index in [1.54, 1.807) is 11.8 Å². The van der Waals surface area contributed by atoms with Crippen molar-refractivity contribution in [3.05, 3.63) is 29.5 Å². The minimum Gasteiger partial charge on any atom is -0.469 e. The average molecular weight is 372 g/mol. The molecule has 0 saturated heterocycles. The zero-order chi connectivity index (χ0) is 18.1. The van der Waals surface area contributed by atoms with Gasteiger partial charge >= 0.3 is 5.97 Å². The number of ether oxygens (including phenoxy) is 1. The maximum atomic E-state index is 11.5. The molecule has 6 heteroatoms. The minimum atomic E-state index is -0.196. The van der Waals surface area contributed by atoms with Crippen molar-refractivity contribution in [2.45, 2.75) is 51.1 Å². The Kier molecular flexibility index (Phi) is 4.94. The van der Waals surface area contributed by atoms with Gasteiger partial charge in [-0.25, -0.2) is 0 Å². The van der Waals surface area contributed by atoms with E-state index < -0.39 is 0 Å². The van der Waals surface area contributed by atoms with Gasteiger partial charge in [0.2, 0.25) is 0 Å². The number of anilines is 1. The summed E-state index contributed by atoms with van der Waals surface area (Å²) >= 11 is 1.72. The van der Waals surface area contributed by atoms with Crippen molar-refractivity contribution in [3.8, 4) is 0 Å². The van der Waals surface area contributed by atoms with Crippen molar-refractivity contribution < 1.29 is 9.53 Å². The first-order valence-electron chi connectivity index (χ1n) is 9.30. The fourth-order valence-electron chi connectivity index (χ4n) is 3.90. The number of H-pyrrole nitrogens is 1. The Morgan fingerprint density at radius 3 is 2.96 bits per heavy atom. The number of hydrogen-bond acceptors (Lipinski definition) is 5. The van der Waals surface area contributed by atoms with E-state index in [1.807, 2.05) is 0 Å². The highest BCUT2D eigenvalue weighted by molar-refractivity contribution is 8.14. The van der Waals surface area contributed by atoms with Crippen LogP contribution in [0.4, 0.5) is 5.69 Å². The molecule has 1 unspecified atom stereocenters. The summed E-state index contributed by atoms with van der Waals surface area (Å²) in [4.78, 5) is 19.7. The molecule has 0 spiro atoms. The molecule has 1 aliphatic heterocycles. The Bertz CT molecular complexity index is 852. The quantitative estimate of drug-likeness (QED) is 0.771. The van der Waals surface area contributed by atoms with Crippen molar-refractivity contribution in [2.75, 3.05) is 18.2 Å². The molecule has 2 aromatic rings. The molecular weight excluding hydrogens is 346 g/mol. The number of carbonyl (C=O) groups excluding carboxylic acids is 1. The molecule has 1 aromatic carbocycles. The van der Waals surface area contributed by atoms with Crippen LogP contribution >= 0.6 is 11.8 Å². The second kappa shape index (κ2) is 7.35. The average Bonchev–Trinajstić information content (AvgIpc) is 3.35. The zero-order valence-corrected chi connectivity index (χ0v) is 16.1. The smallest absolute Gasteiger partial charge is 0.307 e. The lowest BCUT2D eigenvalue weighted by Gasteiger charge is -2.15. The lowest BCUT2D eigenvalue weighted by Crippen LogP contribution is -2.14. The van der Waals surface area contributed by atoms with Crippen molar-refractivity contribution in [3.63, 3.8) is 0 Å². The Hall–Kier alpha value is -1.95. The van der Waals surface area contributed by atoms with Gasteiger partial charge in [0, 0.05) is 28.9 Å². The Morgan fingerprint density at radius 1 is 1.38 bits per heavy atom. The highest BCUT2D eigenvalue weighted by Gasteiger charge is 2.25. The SMILES string of the molecule is COC(=O)CC1CSC(c2c[nH]c3c(NC4CCCC4)cc(C)cc23)=N1. The number of fused-ring (bicyclic) bond motifs is 1. The van der Waals surface area contributed by atoms with Gasteiger partial charge in [0.25, 0.3) is 0 Å². The topological polar surface area (TPSA) is 66.5 Å². The predicted molar refractivity (Wildman–Crippen MR) is 108 cm³/mol. The van der Waals surface area contributed by atoms with Crippen LogP contribution < -0.4 is 5.32 Å². The van der Waals surface area contributed by atoms with E-state index >= 15 is 0 Å². The Morgan fingerprint density at radius 2 is 2.19 bits per heavy atom. The monoisotopic (exact) mass is 371 g/mol. The number of aliphatic imine (C=N–C) groups is 1. The van der Waals surface area contributed by atoms with Crippen LogP contribution in [0, 0.1) is 6.92 Å². The summed E-state index contributed by atoms with van der Waals surface area (Å²) in [5.74, 6) is 0.634. The van der Waals surface area contributed by atoms with Crippen LogP contribution in [0.1, 0.15) is 43.2 Å². The van der Waals surface area contributed by atoms with E-state index in [9.17, 15) is 4.79 Å². The zero-order valence-electron chi connectivity index (χ0n) is 15.3. The first-order valence-corrected chi connectivity index (χ1v) is 10.3. The molecule has 1 saturated carbocycles. The normalized spacial score (nSPS) is 20.5. The van der Waals surface area contributed by atoms with Crippen LogP contribution in [-0.4, -0.2) is 40.9 Å². The van der Waals surface area contributed by atoms with Gasteiger partial charge in [-0.3, -0.25) is 9.79 Å². The molecular formula is C20H25N3O2S. The van der Waals surface area contributed by atoms with E-state index in [-0.39, 0.29) is 12.0 Å². The number of aromatic nitrogens is 1. The van der Waals surface area contributed by atoms with Crippen LogP contribution in [0.3, 0.4) is 0 Å². The first kappa shape index (κ1) is 17.5. The fourth-order valence-corrected chi connectivity index (χ4v) is 4.99. The van der Waals surface area contributed by atoms with Crippen LogP contribution in [0.2, 0.25) is 0 Å². The molecule has 2 N–H and O–H groups in total. The summed E-state index contributed by atoms with van der Waals surface area (Å²) in [5, 5.41) is 5.95. The molecule has 138 valence electrons. The first-order chi connectivity index (χ1) is 12.6. The van der Waals surface area contributed by atoms with Gasteiger partial charge in [0.15, 0.2) is 0 Å². The predicted octanol–water partition coefficient (Wildman–Crippen LogP) is 4.26. The highest BCUT2D eigenvalue weighted by Crippen LogP contribution is 2.34. The number of benzene rings is 1. The van der Waals surface area contributed by atoms with Crippen molar-refractivity contribution in [1.29, 1.82) is 0 Å². The summed E-state index contributed by atoms with van der Waals surface area (Å²) in [6.07, 6.45) is 7.54. The van der Waals surface area contributed by atoms with E-state index in [2.05, 4.69) is 35.6 Å². The molecule has 0 bridgehead atoms. The third-order valence-corrected chi connectivity index (χ3v) is 6.37. The number of thioether (sulfide) groups is 1. The number of aromatic amines is 1. The molecule has 1 aliphatic carbocycles. The summed E-state index contributed by atoms with van der Waals surface area (Å²) in [6.45, 7) is 2.14. The summed E-state index contributed by atoms with van der Waals surface area (Å²) < 4.78 is 4.77. The number of nitrogens with zero attached hydrogens (tertiary/aromatic N) is 1. The fraction of sp³-hybridized carbons (Fsp3) is 0.500. The van der Waals surface area contributed by atoms with Gasteiger partial charge < -0.3 is 15.0 Å². The summed E-state index contributed by atoms with van der Waals surface area (Å²) in [5.41, 5.74) is 4.72. The maximum Gasteiger partial charge on any atom is 0.307 e. The number of nitrogens with one attached hydrogen (secondary N) is 2. The number of carbonyl (C=O) groups is 1. The summed E-state index contributed by atoms with van der Waals surface area (Å²) in [6, 6.07) is 5.03. The third-order valence-electron chi connectivity index (χ3n) is 5.22. The van der Waals surface area contributed by atoms with Gasteiger partial charge in [-0.2, -0.15) is 0 Å². The number of esters is 1. The largest absolute Gasteiger partial charge is 0.469 e. The molecule has 1 aromatic heterocycles. The van der Waals surface area contributed by atoms with Gasteiger partial charge in [0.05, 0.1) is 30.8 Å². The number of hydrogen-bond donors (Lipinski definition) is 2. The van der Waals surface area contributed by atoms with Gasteiger partial charge in [-0.15, -0.1) is 11.8 Å². The summed E-state index contributed by atoms with van der Waals surface area (Å²) in [7, 11) is 1.43. The van der Waals surface area contributed by atoms with E-state index in [0.717, 1.165) is 21.9 Å². The molecule has 0 radical (unpaired) electrons. The molecule has 5 nitrogen and oxygen atoms in total. The molecule has 0 amide bonds. The molecule has 2 heterocycles. The Labute approximate surface area is 158 Å². The van der Waals surface area contributed by atoms with Crippen molar-refractivity contribution in [1.82, 2.24) is 4.98 Å². The molecule has 26 heavy (non-hydrogen) atoms. The van der Waals surface area contributed by atoms with Gasteiger partial charge in [0.1, 0.15) is 5.04 Å². The third kappa shape index (κ3) is 3.47. The standard InChI is InChI=1S/C20H25N3O2S/c1-12-7-15-16(20-23-14(11-26-20)9-18(24)25-2)10-21-19(15)17(8-12)22-13-5-3-4-6-13/h7-8,10,13-14,21-22H,3-6,9,11H2,1-2H3. The number of rotatable bonds is 5. The second-order valence-electron chi connectivity index (χ2n) is 7.24. The van der Waals surface area contributed by atoms with Gasteiger partial charge in [-0.1, -0.05) is 12.8 Å². The number of methoxy groups -OCH3 is 1. The van der Waals surface area contributed by atoms with Crippen LogP contribution in [0.15, 0.2) is 23.3 Å². The molecule has 4 rings (SSSR count). The molecule has 1 atom stereocenters. The number of aryl methyl sites for hydroxylation is 1. The molecule has 1 fully saturated rings. The molecule has 2 aliphatic rings. The van der Waals surface area contributed by atoms with Crippen molar-refractivity contribution >= 4 is 39.4 Å². The Balaban J connectivity index is 1.63. The highest BCUT2D eigenvalue weighted by atomic mass is 32.2. The van der Waals surface area contributed by atoms with Crippen LogP contribution in [0.5, 0.6) is 0 Å². The second-order valence-corrected chi connectivity index (χ2v) is 8.25. The minimum absolute atomic E-state index is 0.00768. The lowest BCUT2D eigenvalue weighted by atomic mass is 10.1. The van der Waals surface area contributed by atoms with Gasteiger partial charge in [-0.05, 0) is 37.5 Å². The van der Waals surface area contributed by atoms with E-state index in [1.165, 1.54) is 49.4 Å². The van der Waals surface area contributed by atoms with E-state index in [0.29, 0.717) is 12.5 Å².